The Balaban J connectivity index is 2.50. The average molecular weight is 260 g/mol. The van der Waals surface area contributed by atoms with Crippen molar-refractivity contribution in [1.29, 1.82) is 0 Å². The second-order valence-corrected chi connectivity index (χ2v) is 3.70. The molecule has 0 radical (unpaired) electrons. The molecule has 5 heteroatoms. The molecule has 0 saturated heterocycles. The molecule has 17 heavy (non-hydrogen) atoms. The van der Waals surface area contributed by atoms with Gasteiger partial charge in [-0.25, -0.2) is 4.39 Å². The number of hydrogen-bond donors (Lipinski definition) is 1. The van der Waals surface area contributed by atoms with Gasteiger partial charge in [-0.2, -0.15) is 0 Å². The number of rotatable bonds is 6. The first-order valence-corrected chi connectivity index (χ1v) is 5.94. The normalized spacial score (nSPS) is 10.1. The van der Waals surface area contributed by atoms with Crippen molar-refractivity contribution in [2.75, 3.05) is 19.0 Å². The van der Waals surface area contributed by atoms with E-state index < -0.39 is 0 Å². The summed E-state index contributed by atoms with van der Waals surface area (Å²) in [4.78, 5) is 10.9. The van der Waals surface area contributed by atoms with Crippen LogP contribution in [-0.4, -0.2) is 24.9 Å². The first kappa shape index (κ1) is 13.8. The summed E-state index contributed by atoms with van der Waals surface area (Å²) in [5.74, 6) is -0.412. The van der Waals surface area contributed by atoms with Gasteiger partial charge >= 0.3 is 0 Å². The number of benzene rings is 1. The number of nitrogens with one attached hydrogen (secondary N) is 1. The van der Waals surface area contributed by atoms with Crippen molar-refractivity contribution in [3.05, 3.63) is 29.6 Å². The minimum Gasteiger partial charge on any atom is -0.491 e. The lowest BCUT2D eigenvalue weighted by atomic mass is 10.1. The number of carbonyl (C=O) groups excluding carboxylic acids is 1. The quantitative estimate of drug-likeness (QED) is 0.795. The fraction of sp³-hybridized carbons (Fsp3) is 0.417. The third-order valence-electron chi connectivity index (χ3n) is 2.15. The summed E-state index contributed by atoms with van der Waals surface area (Å²) in [6.45, 7) is 2.68. The van der Waals surface area contributed by atoms with Crippen molar-refractivity contribution in [2.24, 2.45) is 0 Å². The molecule has 1 amide bonds. The van der Waals surface area contributed by atoms with Crippen molar-refractivity contribution < 1.29 is 13.9 Å². The molecular weight excluding hydrogens is 245 g/mol. The van der Waals surface area contributed by atoms with Crippen LogP contribution in [0.2, 0.25) is 0 Å². The molecule has 0 bridgehead atoms. The summed E-state index contributed by atoms with van der Waals surface area (Å²) in [7, 11) is 0. The van der Waals surface area contributed by atoms with Crippen LogP contribution >= 0.6 is 11.6 Å². The molecule has 0 saturated carbocycles. The highest BCUT2D eigenvalue weighted by Gasteiger charge is 2.04. The third kappa shape index (κ3) is 4.61. The Morgan fingerprint density at radius 3 is 2.88 bits per heavy atom. The fourth-order valence-corrected chi connectivity index (χ4v) is 1.46. The Morgan fingerprint density at radius 1 is 1.53 bits per heavy atom. The molecule has 0 heterocycles. The first-order valence-electron chi connectivity index (χ1n) is 5.41. The second kappa shape index (κ2) is 7.12. The van der Waals surface area contributed by atoms with E-state index in [1.807, 2.05) is 0 Å². The van der Waals surface area contributed by atoms with Crippen LogP contribution in [0.4, 0.5) is 4.39 Å². The monoisotopic (exact) mass is 259 g/mol. The zero-order chi connectivity index (χ0) is 12.7. The van der Waals surface area contributed by atoms with Gasteiger partial charge in [0.1, 0.15) is 5.88 Å². The summed E-state index contributed by atoms with van der Waals surface area (Å²) in [5.41, 5.74) is 0.806. The Morgan fingerprint density at radius 2 is 2.29 bits per heavy atom. The highest BCUT2D eigenvalue weighted by molar-refractivity contribution is 6.27. The maximum absolute atomic E-state index is 13.5. The topological polar surface area (TPSA) is 38.3 Å². The number of ether oxygens (including phenoxy) is 1. The van der Waals surface area contributed by atoms with E-state index in [1.165, 1.54) is 6.07 Å². The lowest BCUT2D eigenvalue weighted by Gasteiger charge is -2.07. The predicted molar refractivity (Wildman–Crippen MR) is 65.0 cm³/mol. The van der Waals surface area contributed by atoms with Crippen LogP contribution in [0.3, 0.4) is 0 Å². The zero-order valence-electron chi connectivity index (χ0n) is 9.63. The summed E-state index contributed by atoms with van der Waals surface area (Å²) in [5, 5.41) is 2.62. The van der Waals surface area contributed by atoms with Crippen LogP contribution in [0.5, 0.6) is 5.75 Å². The van der Waals surface area contributed by atoms with E-state index in [-0.39, 0.29) is 23.4 Å². The molecule has 0 atom stereocenters. The third-order valence-corrected chi connectivity index (χ3v) is 2.40. The lowest BCUT2D eigenvalue weighted by Crippen LogP contribution is -2.26. The number of halogens is 2. The van der Waals surface area contributed by atoms with E-state index in [2.05, 4.69) is 5.32 Å². The van der Waals surface area contributed by atoms with Gasteiger partial charge in [0.15, 0.2) is 11.6 Å². The van der Waals surface area contributed by atoms with Crippen LogP contribution < -0.4 is 10.1 Å². The van der Waals surface area contributed by atoms with Gasteiger partial charge in [-0.3, -0.25) is 4.79 Å². The largest absolute Gasteiger partial charge is 0.491 e. The predicted octanol–water partition coefficient (Wildman–Crippen LogP) is 2.12. The van der Waals surface area contributed by atoms with Crippen LogP contribution in [0.1, 0.15) is 12.5 Å². The lowest BCUT2D eigenvalue weighted by molar-refractivity contribution is -0.118. The van der Waals surface area contributed by atoms with Gasteiger partial charge in [-0.15, -0.1) is 11.6 Å². The molecule has 0 aromatic heterocycles. The SMILES string of the molecule is CCOc1ccc(CCNC(=O)CCl)cc1F. The van der Waals surface area contributed by atoms with Gasteiger partial charge in [0.05, 0.1) is 6.61 Å². The Hall–Kier alpha value is -1.29. The molecule has 1 rings (SSSR count). The van der Waals surface area contributed by atoms with Gasteiger partial charge in [0, 0.05) is 6.54 Å². The van der Waals surface area contributed by atoms with E-state index in [4.69, 9.17) is 16.3 Å². The van der Waals surface area contributed by atoms with Crippen LogP contribution in [0.25, 0.3) is 0 Å². The van der Waals surface area contributed by atoms with Crippen LogP contribution in [-0.2, 0) is 11.2 Å². The molecule has 0 fully saturated rings. The average Bonchev–Trinajstić information content (AvgIpc) is 2.32. The Bertz CT molecular complexity index is 385. The number of hydrogen-bond acceptors (Lipinski definition) is 2. The van der Waals surface area contributed by atoms with E-state index >= 15 is 0 Å². The van der Waals surface area contributed by atoms with Crippen LogP contribution in [0, 0.1) is 5.82 Å². The Kier molecular flexibility index (Phi) is 5.77. The smallest absolute Gasteiger partial charge is 0.234 e. The highest BCUT2D eigenvalue weighted by Crippen LogP contribution is 2.18. The summed E-state index contributed by atoms with van der Waals surface area (Å²) < 4.78 is 18.5. The highest BCUT2D eigenvalue weighted by atomic mass is 35.5. The maximum Gasteiger partial charge on any atom is 0.234 e. The molecule has 1 N–H and O–H groups in total. The van der Waals surface area contributed by atoms with Gasteiger partial charge in [-0.1, -0.05) is 6.07 Å². The molecule has 0 spiro atoms. The number of amides is 1. The van der Waals surface area contributed by atoms with Gasteiger partial charge < -0.3 is 10.1 Å². The molecule has 3 nitrogen and oxygen atoms in total. The number of carbonyl (C=O) groups is 1. The Labute approximate surface area is 105 Å². The van der Waals surface area contributed by atoms with Crippen molar-refractivity contribution in [3.8, 4) is 5.75 Å². The molecule has 0 aliphatic rings. The van der Waals surface area contributed by atoms with Crippen molar-refractivity contribution in [2.45, 2.75) is 13.3 Å². The first-order chi connectivity index (χ1) is 8.17. The summed E-state index contributed by atoms with van der Waals surface area (Å²) in [6, 6.07) is 4.79. The van der Waals surface area contributed by atoms with E-state index in [1.54, 1.807) is 19.1 Å². The molecule has 0 aliphatic heterocycles. The van der Waals surface area contributed by atoms with Gasteiger partial charge in [0.2, 0.25) is 5.91 Å². The minimum atomic E-state index is -0.381. The minimum absolute atomic E-state index is 0.0579. The van der Waals surface area contributed by atoms with Crippen molar-refractivity contribution >= 4 is 17.5 Å². The maximum atomic E-state index is 13.5. The molecule has 1 aromatic carbocycles. The van der Waals surface area contributed by atoms with E-state index in [0.717, 1.165) is 5.56 Å². The molecule has 1 aromatic rings. The summed E-state index contributed by atoms with van der Waals surface area (Å²) in [6.07, 6.45) is 0.561. The van der Waals surface area contributed by atoms with Crippen molar-refractivity contribution in [1.82, 2.24) is 5.32 Å². The molecule has 94 valence electrons. The zero-order valence-corrected chi connectivity index (χ0v) is 10.4. The van der Waals surface area contributed by atoms with Gasteiger partial charge in [0.25, 0.3) is 0 Å². The second-order valence-electron chi connectivity index (χ2n) is 3.43. The van der Waals surface area contributed by atoms with Crippen LogP contribution in [0.15, 0.2) is 18.2 Å². The molecule has 0 aliphatic carbocycles. The van der Waals surface area contributed by atoms with Gasteiger partial charge in [-0.05, 0) is 31.0 Å². The van der Waals surface area contributed by atoms with E-state index in [0.29, 0.717) is 19.6 Å². The standard InChI is InChI=1S/C12H15ClFNO2/c1-2-17-11-4-3-9(7-10(11)14)5-6-15-12(16)8-13/h3-4,7H,2,5-6,8H2,1H3,(H,15,16). The van der Waals surface area contributed by atoms with E-state index in [9.17, 15) is 9.18 Å². The molecule has 0 unspecified atom stereocenters. The number of alkyl halides is 1. The molecular formula is C12H15ClFNO2. The van der Waals surface area contributed by atoms with Crippen molar-refractivity contribution in [3.63, 3.8) is 0 Å². The fourth-order valence-electron chi connectivity index (χ4n) is 1.37. The summed E-state index contributed by atoms with van der Waals surface area (Å²) >= 11 is 5.33.